The molecule has 0 aliphatic carbocycles. The van der Waals surface area contributed by atoms with Crippen LogP contribution in [0.2, 0.25) is 0 Å². The van der Waals surface area contributed by atoms with Crippen LogP contribution in [-0.2, 0) is 32.0 Å². The number of H-pyrrole nitrogens is 1. The van der Waals surface area contributed by atoms with Gasteiger partial charge in [0.1, 0.15) is 30.6 Å². The van der Waals surface area contributed by atoms with Crippen molar-refractivity contribution in [3.05, 3.63) is 32.6 Å². The average Bonchev–Trinajstić information content (AvgIpc) is 3.11. The molecule has 3 heterocycles. The first-order valence-corrected chi connectivity index (χ1v) is 13.1. The van der Waals surface area contributed by atoms with Gasteiger partial charge in [-0.15, -0.1) is 0 Å². The number of hydrogen-bond acceptors (Lipinski definition) is 13. The van der Waals surface area contributed by atoms with Crippen molar-refractivity contribution in [2.24, 2.45) is 0 Å². The van der Waals surface area contributed by atoms with Crippen LogP contribution in [0.25, 0.3) is 0 Å². The van der Waals surface area contributed by atoms with E-state index in [1.54, 1.807) is 0 Å². The molecular formula is C16H26N2O15P2. The molecule has 0 saturated carbocycles. The summed E-state index contributed by atoms with van der Waals surface area (Å²) in [6, 6.07) is 0. The van der Waals surface area contributed by atoms with Gasteiger partial charge in [0.25, 0.3) is 5.56 Å². The molecule has 2 aliphatic rings. The van der Waals surface area contributed by atoms with Crippen molar-refractivity contribution >= 4 is 15.6 Å². The molecule has 10 atom stereocenters. The Kier molecular flexibility index (Phi) is 8.56. The number of aromatic amines is 1. The maximum absolute atomic E-state index is 12.2. The van der Waals surface area contributed by atoms with Crippen LogP contribution in [0.1, 0.15) is 25.1 Å². The molecular weight excluding hydrogens is 522 g/mol. The Labute approximate surface area is 196 Å². The largest absolute Gasteiger partial charge is 0.483 e. The topological polar surface area (TPSA) is 257 Å². The number of nitrogens with one attached hydrogen (secondary N) is 1. The van der Waals surface area contributed by atoms with Crippen molar-refractivity contribution in [1.29, 1.82) is 0 Å². The molecule has 7 N–H and O–H groups in total. The summed E-state index contributed by atoms with van der Waals surface area (Å²) in [6.45, 7) is 1.88. The molecule has 7 unspecified atom stereocenters. The summed E-state index contributed by atoms with van der Waals surface area (Å²) in [6.07, 6.45) is -11.0. The normalized spacial score (nSPS) is 37.0. The van der Waals surface area contributed by atoms with E-state index >= 15 is 0 Å². The van der Waals surface area contributed by atoms with E-state index in [1.165, 1.54) is 20.0 Å². The molecule has 2 fully saturated rings. The van der Waals surface area contributed by atoms with Gasteiger partial charge in [0.15, 0.2) is 6.29 Å². The maximum Gasteiger partial charge on any atom is 0.483 e. The molecule has 0 spiro atoms. The fraction of sp³-hybridized carbons (Fsp3) is 0.750. The lowest BCUT2D eigenvalue weighted by molar-refractivity contribution is -0.271. The van der Waals surface area contributed by atoms with Crippen molar-refractivity contribution in [3.8, 4) is 0 Å². The highest BCUT2D eigenvalue weighted by Gasteiger charge is 2.47. The number of rotatable bonds is 8. The quantitative estimate of drug-likeness (QED) is 0.167. The first-order valence-electron chi connectivity index (χ1n) is 10.2. The summed E-state index contributed by atoms with van der Waals surface area (Å²) in [5.74, 6) is 0. The van der Waals surface area contributed by atoms with Crippen molar-refractivity contribution in [1.82, 2.24) is 9.55 Å². The van der Waals surface area contributed by atoms with Crippen LogP contribution in [-0.4, -0.2) is 89.3 Å². The number of phosphoric acid groups is 2. The number of hydrogen-bond donors (Lipinski definition) is 7. The number of aromatic nitrogens is 2. The van der Waals surface area contributed by atoms with Crippen LogP contribution in [0.4, 0.5) is 0 Å². The van der Waals surface area contributed by atoms with E-state index in [0.29, 0.717) is 0 Å². The third-order valence-corrected chi connectivity index (χ3v) is 7.91. The molecule has 0 bridgehead atoms. The maximum atomic E-state index is 12.2. The van der Waals surface area contributed by atoms with Crippen LogP contribution in [0.5, 0.6) is 0 Å². The highest BCUT2D eigenvalue weighted by molar-refractivity contribution is 7.61. The minimum Gasteiger partial charge on any atom is -0.390 e. The Morgan fingerprint density at radius 3 is 2.40 bits per heavy atom. The molecule has 3 rings (SSSR count). The van der Waals surface area contributed by atoms with Gasteiger partial charge in [0.05, 0.1) is 18.8 Å². The van der Waals surface area contributed by atoms with Crippen LogP contribution in [0, 0.1) is 6.92 Å². The van der Waals surface area contributed by atoms with E-state index in [9.17, 15) is 48.9 Å². The van der Waals surface area contributed by atoms with Crippen molar-refractivity contribution in [3.63, 3.8) is 0 Å². The summed E-state index contributed by atoms with van der Waals surface area (Å²) in [5, 5.41) is 39.3. The van der Waals surface area contributed by atoms with Gasteiger partial charge in [0, 0.05) is 18.2 Å². The van der Waals surface area contributed by atoms with Crippen LogP contribution in [0.3, 0.4) is 0 Å². The number of aryl methyl sites for hydroxylation is 1. The van der Waals surface area contributed by atoms with Crippen LogP contribution < -0.4 is 11.2 Å². The second-order valence-electron chi connectivity index (χ2n) is 8.01. The number of nitrogens with zero attached hydrogens (tertiary/aromatic N) is 1. The van der Waals surface area contributed by atoms with Gasteiger partial charge in [-0.25, -0.2) is 13.9 Å². The molecule has 19 heteroatoms. The molecule has 0 amide bonds. The predicted octanol–water partition coefficient (Wildman–Crippen LogP) is -2.43. The molecule has 2 saturated heterocycles. The van der Waals surface area contributed by atoms with E-state index in [0.717, 1.165) is 4.57 Å². The van der Waals surface area contributed by atoms with Gasteiger partial charge >= 0.3 is 21.3 Å². The minimum absolute atomic E-state index is 0.152. The Morgan fingerprint density at radius 1 is 1.09 bits per heavy atom. The van der Waals surface area contributed by atoms with Gasteiger partial charge in [-0.05, 0) is 13.8 Å². The molecule has 0 radical (unpaired) electrons. The molecule has 0 aromatic carbocycles. The number of aliphatic hydroxyl groups is 4. The Bertz CT molecular complexity index is 1120. The zero-order valence-corrected chi connectivity index (χ0v) is 20.1. The second-order valence-corrected chi connectivity index (χ2v) is 11.0. The summed E-state index contributed by atoms with van der Waals surface area (Å²) in [7, 11) is -10.8. The van der Waals surface area contributed by atoms with Gasteiger partial charge in [-0.2, -0.15) is 4.31 Å². The van der Waals surface area contributed by atoms with E-state index in [2.05, 4.69) is 18.3 Å². The van der Waals surface area contributed by atoms with Crippen molar-refractivity contribution in [2.75, 3.05) is 6.61 Å². The van der Waals surface area contributed by atoms with Crippen LogP contribution in [0.15, 0.2) is 15.8 Å². The SMILES string of the molecule is Cc1cn([C@H]2C[C@H](O)[C@@H](COP(=O)(O)OP(=O)(O)OC3OC(C)C(O)C(O)C3O)O2)c(=O)[nH]c1=O. The standard InChI is InChI=1S/C16H26N2O15P2/c1-6-4-18(16(24)17-14(6)23)10-3-8(19)9(31-10)5-29-34(25,26)33-35(27,28)32-15-13(22)12(21)11(20)7(2)30-15/h4,7-13,15,19-22H,3,5H2,1-2H3,(H,25,26)(H,27,28)(H,17,23,24)/t7?,8-,9+,10+,11?,12?,13?,15?/m0/s1. The lowest BCUT2D eigenvalue weighted by atomic mass is 10.0. The first kappa shape index (κ1) is 28.3. The monoisotopic (exact) mass is 548 g/mol. The Hall–Kier alpha value is -1.30. The summed E-state index contributed by atoms with van der Waals surface area (Å²) in [4.78, 5) is 45.2. The number of ether oxygens (including phenoxy) is 2. The van der Waals surface area contributed by atoms with Gasteiger partial charge in [-0.1, -0.05) is 0 Å². The van der Waals surface area contributed by atoms with Crippen molar-refractivity contribution in [2.45, 2.75) is 69.4 Å². The molecule has 17 nitrogen and oxygen atoms in total. The summed E-state index contributed by atoms with van der Waals surface area (Å²) < 4.78 is 49.0. The number of phosphoric ester groups is 2. The van der Waals surface area contributed by atoms with Gasteiger partial charge in [-0.3, -0.25) is 23.4 Å². The lowest BCUT2D eigenvalue weighted by Gasteiger charge is -2.38. The van der Waals surface area contributed by atoms with E-state index < -0.39 is 82.6 Å². The molecule has 35 heavy (non-hydrogen) atoms. The highest BCUT2D eigenvalue weighted by Crippen LogP contribution is 2.61. The lowest BCUT2D eigenvalue weighted by Crippen LogP contribution is -2.57. The Balaban J connectivity index is 1.59. The average molecular weight is 548 g/mol. The smallest absolute Gasteiger partial charge is 0.390 e. The van der Waals surface area contributed by atoms with E-state index in [1.807, 2.05) is 0 Å². The third kappa shape index (κ3) is 6.72. The van der Waals surface area contributed by atoms with Gasteiger partial charge in [0.2, 0.25) is 0 Å². The predicted molar refractivity (Wildman–Crippen MR) is 111 cm³/mol. The number of aliphatic hydroxyl groups excluding tert-OH is 4. The highest BCUT2D eigenvalue weighted by atomic mass is 31.3. The zero-order valence-electron chi connectivity index (χ0n) is 18.3. The second kappa shape index (κ2) is 10.6. The fourth-order valence-electron chi connectivity index (χ4n) is 3.41. The van der Waals surface area contributed by atoms with E-state index in [-0.39, 0.29) is 12.0 Å². The molecule has 2 aliphatic heterocycles. The molecule has 1 aromatic rings. The van der Waals surface area contributed by atoms with Crippen molar-refractivity contribution < 1.29 is 62.2 Å². The molecule has 200 valence electrons. The fourth-order valence-corrected chi connectivity index (χ4v) is 5.57. The molecule has 1 aromatic heterocycles. The Morgan fingerprint density at radius 2 is 1.74 bits per heavy atom. The van der Waals surface area contributed by atoms with Gasteiger partial charge < -0.3 is 39.7 Å². The third-order valence-electron chi connectivity index (χ3n) is 5.31. The summed E-state index contributed by atoms with van der Waals surface area (Å²) in [5.41, 5.74) is -1.23. The zero-order chi connectivity index (χ0) is 26.3. The first-order chi connectivity index (χ1) is 16.1. The minimum atomic E-state index is -5.44. The van der Waals surface area contributed by atoms with E-state index in [4.69, 9.17) is 9.47 Å². The van der Waals surface area contributed by atoms with Crippen LogP contribution >= 0.6 is 15.6 Å². The summed E-state index contributed by atoms with van der Waals surface area (Å²) >= 11 is 0.